The first-order chi connectivity index (χ1) is 5.79. The first-order valence-corrected chi connectivity index (χ1v) is 6.07. The third-order valence-electron chi connectivity index (χ3n) is 2.29. The van der Waals surface area contributed by atoms with Gasteiger partial charge in [-0.2, -0.15) is 0 Å². The Morgan fingerprint density at radius 3 is 1.75 bits per heavy atom. The lowest BCUT2D eigenvalue weighted by molar-refractivity contribution is 0.270. The summed E-state index contributed by atoms with van der Waals surface area (Å²) in [5.74, 6) is 0. The molecule has 3 aliphatic rings. The third-order valence-corrected chi connectivity index (χ3v) is 4.29. The minimum absolute atomic E-state index is 0.803. The van der Waals surface area contributed by atoms with Gasteiger partial charge in [-0.3, -0.25) is 9.46 Å². The highest BCUT2D eigenvalue weighted by molar-refractivity contribution is 7.57. The highest BCUT2D eigenvalue weighted by atomic mass is 31.2. The van der Waals surface area contributed by atoms with E-state index in [1.165, 1.54) is 0 Å². The molecule has 0 aromatic carbocycles. The lowest BCUT2D eigenvalue weighted by Gasteiger charge is -2.33. The van der Waals surface area contributed by atoms with Crippen molar-refractivity contribution >= 4 is 7.59 Å². The second kappa shape index (κ2) is 3.44. The van der Waals surface area contributed by atoms with Crippen LogP contribution in [0.3, 0.4) is 0 Å². The van der Waals surface area contributed by atoms with E-state index >= 15 is 0 Å². The summed E-state index contributed by atoms with van der Waals surface area (Å²) in [5.41, 5.74) is 0. The monoisotopic (exact) mass is 190 g/mol. The van der Waals surface area contributed by atoms with E-state index in [4.69, 9.17) is 0 Å². The smallest absolute Gasteiger partial charge is 0.279 e. The molecule has 0 aliphatic carbocycles. The van der Waals surface area contributed by atoms with E-state index in [1.807, 2.05) is 0 Å². The molecule has 0 aromatic heterocycles. The van der Waals surface area contributed by atoms with Crippen molar-refractivity contribution in [3.8, 4) is 0 Å². The Morgan fingerprint density at radius 1 is 0.917 bits per heavy atom. The van der Waals surface area contributed by atoms with Crippen LogP contribution in [0.2, 0.25) is 0 Å². The Balaban J connectivity index is 2.11. The van der Waals surface area contributed by atoms with Crippen LogP contribution in [0.1, 0.15) is 0 Å². The van der Waals surface area contributed by atoms with Gasteiger partial charge in [0, 0.05) is 39.3 Å². The molecule has 3 aliphatic heterocycles. The fraction of sp³-hybridized carbons (Fsp3) is 1.00. The van der Waals surface area contributed by atoms with Gasteiger partial charge in [0.1, 0.15) is 0 Å². The lowest BCUT2D eigenvalue weighted by Crippen LogP contribution is -2.49. The molecule has 5 nitrogen and oxygen atoms in total. The van der Waals surface area contributed by atoms with Gasteiger partial charge in [-0.15, -0.1) is 0 Å². The molecule has 0 spiro atoms. The number of nitrogens with zero attached hydrogens (tertiary/aromatic N) is 1. The Labute approximate surface area is 72.4 Å². The predicted molar refractivity (Wildman–Crippen MR) is 48.1 cm³/mol. The molecule has 3 saturated heterocycles. The highest BCUT2D eigenvalue weighted by Gasteiger charge is 2.25. The normalized spacial score (nSPS) is 43.2. The topological polar surface area (TPSA) is 56.4 Å². The molecule has 0 aromatic rings. The molecule has 3 fully saturated rings. The van der Waals surface area contributed by atoms with Crippen LogP contribution in [0.15, 0.2) is 0 Å². The van der Waals surface area contributed by atoms with Crippen LogP contribution in [0, 0.1) is 0 Å². The number of fused-ring (bicyclic) bond motifs is 6. The summed E-state index contributed by atoms with van der Waals surface area (Å²) >= 11 is 0. The van der Waals surface area contributed by atoms with Crippen molar-refractivity contribution in [2.45, 2.75) is 0 Å². The van der Waals surface area contributed by atoms with Crippen molar-refractivity contribution < 1.29 is 4.57 Å². The Bertz CT molecular complexity index is 176. The van der Waals surface area contributed by atoms with E-state index < -0.39 is 7.59 Å². The number of hydrogen-bond acceptors (Lipinski definition) is 2. The van der Waals surface area contributed by atoms with Crippen molar-refractivity contribution in [2.75, 3.05) is 39.3 Å². The quantitative estimate of drug-likeness (QED) is 0.436. The van der Waals surface area contributed by atoms with Crippen LogP contribution in [-0.4, -0.2) is 44.2 Å². The molecule has 3 rings (SSSR count). The number of hydrogen-bond donors (Lipinski definition) is 3. The summed E-state index contributed by atoms with van der Waals surface area (Å²) in [4.78, 5) is 2.36. The Hall–Kier alpha value is 0.0700. The van der Waals surface area contributed by atoms with Gasteiger partial charge in [-0.1, -0.05) is 0 Å². The zero-order valence-corrected chi connectivity index (χ0v) is 7.94. The molecule has 0 unspecified atom stereocenters. The summed E-state index contributed by atoms with van der Waals surface area (Å²) in [7, 11) is -2.42. The average molecular weight is 190 g/mol. The minimum Gasteiger partial charge on any atom is -0.300 e. The average Bonchev–Trinajstić information content (AvgIpc) is 1.93. The number of rotatable bonds is 0. The van der Waals surface area contributed by atoms with Gasteiger partial charge in [-0.05, 0) is 0 Å². The van der Waals surface area contributed by atoms with Gasteiger partial charge in [0.2, 0.25) is 0 Å². The highest BCUT2D eigenvalue weighted by Crippen LogP contribution is 2.30. The summed E-state index contributed by atoms with van der Waals surface area (Å²) in [6, 6.07) is 0. The van der Waals surface area contributed by atoms with E-state index in [0.29, 0.717) is 0 Å². The van der Waals surface area contributed by atoms with Crippen LogP contribution in [0.5, 0.6) is 0 Å². The van der Waals surface area contributed by atoms with Crippen molar-refractivity contribution in [3.63, 3.8) is 0 Å². The van der Waals surface area contributed by atoms with Crippen LogP contribution >= 0.6 is 7.59 Å². The maximum atomic E-state index is 11.9. The molecular formula is C6H15N4OP. The molecular weight excluding hydrogens is 175 g/mol. The number of nitrogens with one attached hydrogen (secondary N) is 3. The Morgan fingerprint density at radius 2 is 1.33 bits per heavy atom. The molecule has 6 heteroatoms. The van der Waals surface area contributed by atoms with Crippen LogP contribution < -0.4 is 15.3 Å². The molecule has 0 atom stereocenters. The van der Waals surface area contributed by atoms with E-state index in [2.05, 4.69) is 20.2 Å². The SMILES string of the molecule is O=P12NCCN(CCN1)CCN2. The zero-order valence-electron chi connectivity index (χ0n) is 7.05. The molecule has 3 heterocycles. The molecule has 70 valence electrons. The fourth-order valence-corrected chi connectivity index (χ4v) is 3.18. The van der Waals surface area contributed by atoms with Crippen LogP contribution in [0.4, 0.5) is 0 Å². The van der Waals surface area contributed by atoms with Gasteiger partial charge in [0.25, 0.3) is 7.59 Å². The largest absolute Gasteiger partial charge is 0.300 e. The van der Waals surface area contributed by atoms with E-state index in [9.17, 15) is 4.57 Å². The van der Waals surface area contributed by atoms with Crippen molar-refractivity contribution in [3.05, 3.63) is 0 Å². The van der Waals surface area contributed by atoms with Crippen LogP contribution in [0.25, 0.3) is 0 Å². The molecule has 3 N–H and O–H groups in total. The predicted octanol–water partition coefficient (Wildman–Crippen LogP) is -0.807. The zero-order chi connectivity index (χ0) is 8.44. The first kappa shape index (κ1) is 8.66. The lowest BCUT2D eigenvalue weighted by atomic mass is 10.4. The van der Waals surface area contributed by atoms with E-state index in [1.54, 1.807) is 0 Å². The molecule has 0 radical (unpaired) electrons. The third kappa shape index (κ3) is 1.87. The van der Waals surface area contributed by atoms with Gasteiger partial charge in [0.15, 0.2) is 0 Å². The first-order valence-electron chi connectivity index (χ1n) is 4.36. The maximum Gasteiger partial charge on any atom is 0.279 e. The summed E-state index contributed by atoms with van der Waals surface area (Å²) in [6.07, 6.45) is 0. The molecule has 2 bridgehead atoms. The van der Waals surface area contributed by atoms with Crippen molar-refractivity contribution in [1.82, 2.24) is 20.2 Å². The second-order valence-corrected chi connectivity index (χ2v) is 5.34. The minimum atomic E-state index is -2.42. The summed E-state index contributed by atoms with van der Waals surface area (Å²) in [6.45, 7) is 5.43. The molecule has 0 amide bonds. The van der Waals surface area contributed by atoms with Gasteiger partial charge < -0.3 is 0 Å². The van der Waals surface area contributed by atoms with Crippen molar-refractivity contribution in [2.24, 2.45) is 0 Å². The van der Waals surface area contributed by atoms with E-state index in [0.717, 1.165) is 39.3 Å². The Kier molecular flexibility index (Phi) is 2.48. The van der Waals surface area contributed by atoms with Crippen molar-refractivity contribution in [1.29, 1.82) is 0 Å². The van der Waals surface area contributed by atoms with Crippen LogP contribution in [-0.2, 0) is 4.57 Å². The van der Waals surface area contributed by atoms with Gasteiger partial charge in [0.05, 0.1) is 0 Å². The maximum absolute atomic E-state index is 11.9. The molecule has 0 saturated carbocycles. The molecule has 12 heavy (non-hydrogen) atoms. The fourth-order valence-electron chi connectivity index (χ4n) is 1.60. The van der Waals surface area contributed by atoms with E-state index in [-0.39, 0.29) is 0 Å². The van der Waals surface area contributed by atoms with Gasteiger partial charge in [-0.25, -0.2) is 15.3 Å². The van der Waals surface area contributed by atoms with Gasteiger partial charge >= 0.3 is 0 Å². The summed E-state index contributed by atoms with van der Waals surface area (Å²) in [5, 5.41) is 9.06. The second-order valence-electron chi connectivity index (χ2n) is 3.18. The standard InChI is InChI=1S/C6H15N4OP/c11-12-7-1-4-10(5-2-8-12)6-3-9-12/h1-6H2,(H3,7,8,9,11). The summed E-state index contributed by atoms with van der Waals surface area (Å²) < 4.78 is 11.9.